The molecule has 0 bridgehead atoms. The fourth-order valence-electron chi connectivity index (χ4n) is 1.66. The number of carboxylic acid groups (broad SMARTS) is 1. The van der Waals surface area contributed by atoms with Gasteiger partial charge in [-0.3, -0.25) is 9.36 Å². The predicted molar refractivity (Wildman–Crippen MR) is 62.1 cm³/mol. The monoisotopic (exact) mass is 231 g/mol. The third-order valence-electron chi connectivity index (χ3n) is 2.50. The highest BCUT2D eigenvalue weighted by Gasteiger charge is 2.05. The molecule has 0 aliphatic rings. The number of carbonyl (C=O) groups is 1. The number of aromatic nitrogens is 3. The summed E-state index contributed by atoms with van der Waals surface area (Å²) in [6.07, 6.45) is 2.50. The molecule has 0 aliphatic heterocycles. The van der Waals surface area contributed by atoms with Gasteiger partial charge in [-0.1, -0.05) is 19.1 Å². The molecule has 5 nitrogen and oxygen atoms in total. The van der Waals surface area contributed by atoms with Crippen LogP contribution in [0.2, 0.25) is 0 Å². The van der Waals surface area contributed by atoms with Crippen LogP contribution in [0.15, 0.2) is 30.6 Å². The molecule has 0 fully saturated rings. The van der Waals surface area contributed by atoms with E-state index in [0.29, 0.717) is 0 Å². The van der Waals surface area contributed by atoms with Crippen molar-refractivity contribution in [2.24, 2.45) is 0 Å². The second kappa shape index (κ2) is 4.78. The molecule has 0 radical (unpaired) electrons. The maximum Gasteiger partial charge on any atom is 0.307 e. The number of carboxylic acids is 1. The first kappa shape index (κ1) is 11.3. The molecule has 1 aromatic carbocycles. The molecule has 2 aromatic rings. The molecule has 0 saturated heterocycles. The lowest BCUT2D eigenvalue weighted by molar-refractivity contribution is -0.136. The summed E-state index contributed by atoms with van der Waals surface area (Å²) in [5.74, 6) is 0.0623. The fourth-order valence-corrected chi connectivity index (χ4v) is 1.66. The van der Waals surface area contributed by atoms with Crippen molar-refractivity contribution in [3.8, 4) is 5.69 Å². The molecular formula is C12H13N3O2. The van der Waals surface area contributed by atoms with E-state index >= 15 is 0 Å². The summed E-state index contributed by atoms with van der Waals surface area (Å²) < 4.78 is 1.89. The zero-order chi connectivity index (χ0) is 12.3. The quantitative estimate of drug-likeness (QED) is 0.864. The first-order valence-electron chi connectivity index (χ1n) is 5.40. The summed E-state index contributed by atoms with van der Waals surface area (Å²) in [6, 6.07) is 7.37. The Hall–Kier alpha value is -2.17. The first-order chi connectivity index (χ1) is 8.20. The highest BCUT2D eigenvalue weighted by atomic mass is 16.4. The van der Waals surface area contributed by atoms with Gasteiger partial charge in [0.25, 0.3) is 0 Å². The summed E-state index contributed by atoms with van der Waals surface area (Å²) in [7, 11) is 0. The second-order valence-electron chi connectivity index (χ2n) is 3.71. The van der Waals surface area contributed by atoms with E-state index in [9.17, 15) is 4.79 Å². The van der Waals surface area contributed by atoms with Gasteiger partial charge in [-0.25, -0.2) is 0 Å². The van der Waals surface area contributed by atoms with Crippen LogP contribution in [0.3, 0.4) is 0 Å². The SMILES string of the molecule is CCc1nncn1-c1ccc(CC(=O)O)cc1. The van der Waals surface area contributed by atoms with Crippen LogP contribution in [-0.4, -0.2) is 25.8 Å². The summed E-state index contributed by atoms with van der Waals surface area (Å²) in [5, 5.41) is 16.5. The minimum atomic E-state index is -0.823. The van der Waals surface area contributed by atoms with E-state index in [1.54, 1.807) is 6.33 Å². The topological polar surface area (TPSA) is 68.0 Å². The smallest absolute Gasteiger partial charge is 0.307 e. The van der Waals surface area contributed by atoms with Crippen LogP contribution < -0.4 is 0 Å². The van der Waals surface area contributed by atoms with Gasteiger partial charge in [-0.2, -0.15) is 0 Å². The van der Waals surface area contributed by atoms with Gasteiger partial charge in [0, 0.05) is 12.1 Å². The largest absolute Gasteiger partial charge is 0.481 e. The van der Waals surface area contributed by atoms with Crippen LogP contribution in [0.1, 0.15) is 18.3 Å². The van der Waals surface area contributed by atoms with Crippen LogP contribution >= 0.6 is 0 Å². The third-order valence-corrected chi connectivity index (χ3v) is 2.50. The molecule has 2 rings (SSSR count). The van der Waals surface area contributed by atoms with Crippen molar-refractivity contribution in [1.29, 1.82) is 0 Å². The first-order valence-corrected chi connectivity index (χ1v) is 5.40. The van der Waals surface area contributed by atoms with Crippen molar-refractivity contribution < 1.29 is 9.90 Å². The zero-order valence-corrected chi connectivity index (χ0v) is 9.50. The predicted octanol–water partition coefficient (Wildman–Crippen LogP) is 1.46. The second-order valence-corrected chi connectivity index (χ2v) is 3.71. The van der Waals surface area contributed by atoms with E-state index in [1.807, 2.05) is 35.8 Å². The molecular weight excluding hydrogens is 218 g/mol. The normalized spacial score (nSPS) is 10.4. The maximum atomic E-state index is 10.6. The molecule has 1 N–H and O–H groups in total. The molecule has 0 amide bonds. The minimum Gasteiger partial charge on any atom is -0.481 e. The van der Waals surface area contributed by atoms with Crippen LogP contribution in [-0.2, 0) is 17.6 Å². The van der Waals surface area contributed by atoms with Crippen LogP contribution in [0.4, 0.5) is 0 Å². The number of aliphatic carboxylic acids is 1. The molecule has 17 heavy (non-hydrogen) atoms. The van der Waals surface area contributed by atoms with Gasteiger partial charge in [0.15, 0.2) is 0 Å². The van der Waals surface area contributed by atoms with E-state index in [4.69, 9.17) is 5.11 Å². The number of aryl methyl sites for hydroxylation is 1. The summed E-state index contributed by atoms with van der Waals surface area (Å²) in [5.41, 5.74) is 1.73. The molecule has 88 valence electrons. The molecule has 0 atom stereocenters. The molecule has 0 saturated carbocycles. The van der Waals surface area contributed by atoms with Gasteiger partial charge < -0.3 is 5.11 Å². The Morgan fingerprint density at radius 2 is 2.06 bits per heavy atom. The Morgan fingerprint density at radius 3 is 2.65 bits per heavy atom. The van der Waals surface area contributed by atoms with Crippen LogP contribution in [0, 0.1) is 0 Å². The molecule has 0 aliphatic carbocycles. The summed E-state index contributed by atoms with van der Waals surface area (Å²) >= 11 is 0. The average molecular weight is 231 g/mol. The lowest BCUT2D eigenvalue weighted by Crippen LogP contribution is -2.02. The number of benzene rings is 1. The van der Waals surface area contributed by atoms with E-state index in [-0.39, 0.29) is 6.42 Å². The van der Waals surface area contributed by atoms with Gasteiger partial charge in [-0.15, -0.1) is 10.2 Å². The lowest BCUT2D eigenvalue weighted by atomic mass is 10.1. The lowest BCUT2D eigenvalue weighted by Gasteiger charge is -2.05. The van der Waals surface area contributed by atoms with E-state index in [1.165, 1.54) is 0 Å². The average Bonchev–Trinajstić information content (AvgIpc) is 2.77. The highest BCUT2D eigenvalue weighted by Crippen LogP contribution is 2.12. The number of nitrogens with zero attached hydrogens (tertiary/aromatic N) is 3. The standard InChI is InChI=1S/C12H13N3O2/c1-2-11-14-13-8-15(11)10-5-3-9(4-6-10)7-12(16)17/h3-6,8H,2,7H2,1H3,(H,16,17). The van der Waals surface area contributed by atoms with Gasteiger partial charge in [0.1, 0.15) is 12.2 Å². The number of rotatable bonds is 4. The zero-order valence-electron chi connectivity index (χ0n) is 9.50. The Morgan fingerprint density at radius 1 is 1.35 bits per heavy atom. The maximum absolute atomic E-state index is 10.6. The highest BCUT2D eigenvalue weighted by molar-refractivity contribution is 5.70. The van der Waals surface area contributed by atoms with E-state index in [2.05, 4.69) is 10.2 Å². The number of hydrogen-bond acceptors (Lipinski definition) is 3. The van der Waals surface area contributed by atoms with Crippen molar-refractivity contribution in [1.82, 2.24) is 14.8 Å². The Bertz CT molecular complexity index is 517. The summed E-state index contributed by atoms with van der Waals surface area (Å²) in [6.45, 7) is 2.01. The van der Waals surface area contributed by atoms with Gasteiger partial charge in [0.05, 0.1) is 6.42 Å². The van der Waals surface area contributed by atoms with Gasteiger partial charge in [0.2, 0.25) is 0 Å². The Balaban J connectivity index is 2.26. The van der Waals surface area contributed by atoms with Crippen molar-refractivity contribution in [3.63, 3.8) is 0 Å². The Kier molecular flexibility index (Phi) is 3.18. The van der Waals surface area contributed by atoms with Crippen molar-refractivity contribution in [3.05, 3.63) is 42.0 Å². The van der Waals surface area contributed by atoms with Gasteiger partial charge >= 0.3 is 5.97 Å². The Labute approximate surface area is 98.7 Å². The van der Waals surface area contributed by atoms with Crippen molar-refractivity contribution in [2.45, 2.75) is 19.8 Å². The molecule has 0 spiro atoms. The fraction of sp³-hybridized carbons (Fsp3) is 0.250. The van der Waals surface area contributed by atoms with Crippen molar-refractivity contribution in [2.75, 3.05) is 0 Å². The van der Waals surface area contributed by atoms with Crippen molar-refractivity contribution >= 4 is 5.97 Å². The van der Waals surface area contributed by atoms with Crippen LogP contribution in [0.5, 0.6) is 0 Å². The van der Waals surface area contributed by atoms with Gasteiger partial charge in [-0.05, 0) is 17.7 Å². The minimum absolute atomic E-state index is 0.0447. The number of hydrogen-bond donors (Lipinski definition) is 1. The van der Waals surface area contributed by atoms with E-state index < -0.39 is 5.97 Å². The van der Waals surface area contributed by atoms with E-state index in [0.717, 1.165) is 23.5 Å². The molecule has 5 heteroatoms. The van der Waals surface area contributed by atoms with Crippen LogP contribution in [0.25, 0.3) is 5.69 Å². The molecule has 0 unspecified atom stereocenters. The summed E-state index contributed by atoms with van der Waals surface area (Å²) in [4.78, 5) is 10.6. The third kappa shape index (κ3) is 2.50. The molecule has 1 heterocycles. The molecule has 1 aromatic heterocycles.